The number of carbonyl (C=O) groups is 1. The Balaban J connectivity index is 2.25. The molecule has 92 valence electrons. The quantitative estimate of drug-likeness (QED) is 0.809. The van der Waals surface area contributed by atoms with Gasteiger partial charge in [-0.05, 0) is 37.4 Å². The monoisotopic (exact) mass is 233 g/mol. The maximum absolute atomic E-state index is 12.0. The van der Waals surface area contributed by atoms with E-state index in [1.54, 1.807) is 0 Å². The van der Waals surface area contributed by atoms with Gasteiger partial charge >= 0.3 is 5.97 Å². The third-order valence-corrected chi connectivity index (χ3v) is 3.57. The van der Waals surface area contributed by atoms with Crippen LogP contribution in [0.5, 0.6) is 0 Å². The summed E-state index contributed by atoms with van der Waals surface area (Å²) in [6, 6.07) is 8.20. The van der Waals surface area contributed by atoms with Gasteiger partial charge in [-0.15, -0.1) is 0 Å². The van der Waals surface area contributed by atoms with Crippen LogP contribution in [0.25, 0.3) is 0 Å². The van der Waals surface area contributed by atoms with Crippen LogP contribution in [0.15, 0.2) is 24.3 Å². The van der Waals surface area contributed by atoms with Gasteiger partial charge in [-0.25, -0.2) is 0 Å². The molecule has 1 unspecified atom stereocenters. The van der Waals surface area contributed by atoms with Crippen molar-refractivity contribution in [1.29, 1.82) is 0 Å². The molecule has 0 bridgehead atoms. The molecule has 2 rings (SSSR count). The summed E-state index contributed by atoms with van der Waals surface area (Å²) < 4.78 is 4.95. The minimum Gasteiger partial charge on any atom is -0.468 e. The molecule has 1 saturated heterocycles. The number of nitrogens with one attached hydrogen (secondary N) is 1. The minimum absolute atomic E-state index is 0.141. The van der Waals surface area contributed by atoms with Crippen LogP contribution in [0.3, 0.4) is 0 Å². The van der Waals surface area contributed by atoms with Crippen molar-refractivity contribution in [3.8, 4) is 0 Å². The molecule has 0 amide bonds. The molecule has 1 heterocycles. The first-order valence-electron chi connectivity index (χ1n) is 6.06. The van der Waals surface area contributed by atoms with Crippen molar-refractivity contribution in [1.82, 2.24) is 5.32 Å². The molecule has 0 saturated carbocycles. The fourth-order valence-corrected chi connectivity index (χ4v) is 2.53. The fourth-order valence-electron chi connectivity index (χ4n) is 2.53. The minimum atomic E-state index is -0.513. The number of esters is 1. The van der Waals surface area contributed by atoms with Gasteiger partial charge in [0.25, 0.3) is 0 Å². The summed E-state index contributed by atoms with van der Waals surface area (Å²) in [6.07, 6.45) is 2.60. The van der Waals surface area contributed by atoms with E-state index in [0.29, 0.717) is 6.42 Å². The second kappa shape index (κ2) is 4.88. The predicted octanol–water partition coefficient (Wildman–Crippen LogP) is 1.83. The van der Waals surface area contributed by atoms with E-state index < -0.39 is 5.54 Å². The highest BCUT2D eigenvalue weighted by Gasteiger charge is 2.42. The first-order chi connectivity index (χ1) is 8.18. The van der Waals surface area contributed by atoms with Gasteiger partial charge in [0.1, 0.15) is 5.54 Å². The smallest absolute Gasteiger partial charge is 0.326 e. The van der Waals surface area contributed by atoms with Crippen LogP contribution in [0, 0.1) is 6.92 Å². The molecule has 0 spiro atoms. The third-order valence-electron chi connectivity index (χ3n) is 3.57. The normalized spacial score (nSPS) is 23.6. The highest BCUT2D eigenvalue weighted by atomic mass is 16.5. The molecule has 1 fully saturated rings. The Kier molecular flexibility index (Phi) is 3.48. The number of hydrogen-bond donors (Lipinski definition) is 1. The Bertz CT molecular complexity index is 408. The van der Waals surface area contributed by atoms with Crippen molar-refractivity contribution in [2.24, 2.45) is 0 Å². The van der Waals surface area contributed by atoms with E-state index in [9.17, 15) is 4.79 Å². The molecule has 1 atom stereocenters. The van der Waals surface area contributed by atoms with Gasteiger partial charge in [0.2, 0.25) is 0 Å². The van der Waals surface area contributed by atoms with Gasteiger partial charge in [0.15, 0.2) is 0 Å². The molecule has 3 nitrogen and oxygen atoms in total. The van der Waals surface area contributed by atoms with Gasteiger partial charge in [-0.2, -0.15) is 0 Å². The van der Waals surface area contributed by atoms with Crippen LogP contribution in [0.2, 0.25) is 0 Å². The first-order valence-corrected chi connectivity index (χ1v) is 6.06. The number of hydrogen-bond acceptors (Lipinski definition) is 3. The number of benzene rings is 1. The van der Waals surface area contributed by atoms with Gasteiger partial charge in [-0.1, -0.05) is 24.3 Å². The van der Waals surface area contributed by atoms with Crippen molar-refractivity contribution in [2.75, 3.05) is 13.7 Å². The van der Waals surface area contributed by atoms with E-state index >= 15 is 0 Å². The third kappa shape index (κ3) is 2.34. The van der Waals surface area contributed by atoms with E-state index in [-0.39, 0.29) is 5.97 Å². The largest absolute Gasteiger partial charge is 0.468 e. The molecule has 1 aliphatic rings. The van der Waals surface area contributed by atoms with E-state index in [2.05, 4.69) is 24.4 Å². The van der Waals surface area contributed by atoms with Crippen molar-refractivity contribution in [3.05, 3.63) is 35.4 Å². The van der Waals surface area contributed by atoms with Gasteiger partial charge < -0.3 is 10.1 Å². The number of rotatable bonds is 3. The summed E-state index contributed by atoms with van der Waals surface area (Å²) in [5.41, 5.74) is 1.93. The maximum Gasteiger partial charge on any atom is 0.326 e. The van der Waals surface area contributed by atoms with Crippen molar-refractivity contribution >= 4 is 5.97 Å². The van der Waals surface area contributed by atoms with Crippen LogP contribution in [-0.2, 0) is 16.0 Å². The van der Waals surface area contributed by atoms with E-state index in [4.69, 9.17) is 4.74 Å². The lowest BCUT2D eigenvalue weighted by Crippen LogP contribution is -2.50. The molecule has 3 heteroatoms. The molecule has 1 aromatic rings. The summed E-state index contributed by atoms with van der Waals surface area (Å²) >= 11 is 0. The number of ether oxygens (including phenoxy) is 1. The second-order valence-electron chi connectivity index (χ2n) is 4.71. The first kappa shape index (κ1) is 12.1. The molecular formula is C14H19NO2. The number of methoxy groups -OCH3 is 1. The number of aryl methyl sites for hydroxylation is 1. The summed E-state index contributed by atoms with van der Waals surface area (Å²) in [7, 11) is 1.46. The topological polar surface area (TPSA) is 38.3 Å². The fraction of sp³-hybridized carbons (Fsp3) is 0.500. The zero-order chi connectivity index (χ0) is 12.3. The van der Waals surface area contributed by atoms with Crippen LogP contribution >= 0.6 is 0 Å². The van der Waals surface area contributed by atoms with Gasteiger partial charge in [-0.3, -0.25) is 4.79 Å². The Morgan fingerprint density at radius 2 is 2.24 bits per heavy atom. The lowest BCUT2D eigenvalue weighted by molar-refractivity contribution is -0.148. The van der Waals surface area contributed by atoms with Crippen LogP contribution < -0.4 is 5.32 Å². The lowest BCUT2D eigenvalue weighted by Gasteiger charge is -2.27. The average Bonchev–Trinajstić information content (AvgIpc) is 2.81. The van der Waals surface area contributed by atoms with E-state index in [1.165, 1.54) is 18.2 Å². The Hall–Kier alpha value is -1.35. The maximum atomic E-state index is 12.0. The van der Waals surface area contributed by atoms with Gasteiger partial charge in [0, 0.05) is 6.42 Å². The van der Waals surface area contributed by atoms with Crippen molar-refractivity contribution in [3.63, 3.8) is 0 Å². The summed E-state index contributed by atoms with van der Waals surface area (Å²) in [5, 5.41) is 3.32. The molecule has 0 aromatic heterocycles. The van der Waals surface area contributed by atoms with Gasteiger partial charge in [0.05, 0.1) is 7.11 Å². The molecule has 1 aromatic carbocycles. The summed E-state index contributed by atoms with van der Waals surface area (Å²) in [6.45, 7) is 2.97. The van der Waals surface area contributed by atoms with Crippen LogP contribution in [-0.4, -0.2) is 25.2 Å². The van der Waals surface area contributed by atoms with Crippen molar-refractivity contribution in [2.45, 2.75) is 31.7 Å². The standard InChI is InChI=1S/C14H19NO2/c1-11-6-3-4-7-12(11)10-14(13(16)17-2)8-5-9-15-14/h3-4,6-7,15H,5,8-10H2,1-2H3. The van der Waals surface area contributed by atoms with Crippen LogP contribution in [0.1, 0.15) is 24.0 Å². The summed E-state index contributed by atoms with van der Waals surface area (Å²) in [5.74, 6) is -0.141. The summed E-state index contributed by atoms with van der Waals surface area (Å²) in [4.78, 5) is 12.0. The molecule has 0 aliphatic carbocycles. The molecule has 1 N–H and O–H groups in total. The highest BCUT2D eigenvalue weighted by Crippen LogP contribution is 2.26. The molecule has 17 heavy (non-hydrogen) atoms. The zero-order valence-corrected chi connectivity index (χ0v) is 10.5. The van der Waals surface area contributed by atoms with E-state index in [0.717, 1.165) is 19.4 Å². The average molecular weight is 233 g/mol. The predicted molar refractivity (Wildman–Crippen MR) is 66.9 cm³/mol. The second-order valence-corrected chi connectivity index (χ2v) is 4.71. The highest BCUT2D eigenvalue weighted by molar-refractivity contribution is 5.81. The Morgan fingerprint density at radius 1 is 1.47 bits per heavy atom. The Labute approximate surface area is 102 Å². The van der Waals surface area contributed by atoms with Crippen molar-refractivity contribution < 1.29 is 9.53 Å². The lowest BCUT2D eigenvalue weighted by atomic mass is 9.87. The number of carbonyl (C=O) groups excluding carboxylic acids is 1. The SMILES string of the molecule is COC(=O)C1(Cc2ccccc2C)CCCN1. The molecule has 0 radical (unpaired) electrons. The van der Waals surface area contributed by atoms with E-state index in [1.807, 2.05) is 12.1 Å². The molecular weight excluding hydrogens is 214 g/mol. The van der Waals surface area contributed by atoms with Crippen LogP contribution in [0.4, 0.5) is 0 Å². The Morgan fingerprint density at radius 3 is 2.82 bits per heavy atom. The zero-order valence-electron chi connectivity index (χ0n) is 10.5. The molecule has 1 aliphatic heterocycles.